The van der Waals surface area contributed by atoms with Crippen LogP contribution in [0.1, 0.15) is 47.6 Å². The minimum atomic E-state index is -3.95. The maximum Gasteiger partial charge on any atom is 0.338 e. The lowest BCUT2D eigenvalue weighted by Crippen LogP contribution is -2.36. The number of hydrogen-bond acceptors (Lipinski definition) is 9. The highest BCUT2D eigenvalue weighted by atomic mass is 32.2. The quantitative estimate of drug-likeness (QED) is 0.102. The van der Waals surface area contributed by atoms with Gasteiger partial charge < -0.3 is 18.6 Å². The van der Waals surface area contributed by atoms with E-state index in [1.165, 1.54) is 0 Å². The first-order chi connectivity index (χ1) is 19.0. The number of esters is 1. The lowest BCUT2D eigenvalue weighted by atomic mass is 9.98. The molecule has 0 aliphatic heterocycles. The minimum absolute atomic E-state index is 0.106. The van der Waals surface area contributed by atoms with Crippen LogP contribution in [0.4, 0.5) is 0 Å². The molecule has 0 N–H and O–H groups in total. The highest BCUT2D eigenvalue weighted by molar-refractivity contribution is 7.86. The molecular weight excluding hydrogens is 534 g/mol. The molecule has 1 heterocycles. The normalized spacial score (nSPS) is 13.0. The van der Waals surface area contributed by atoms with Crippen LogP contribution in [-0.4, -0.2) is 51.6 Å². The van der Waals surface area contributed by atoms with Gasteiger partial charge in [-0.05, 0) is 75.1 Å². The van der Waals surface area contributed by atoms with Gasteiger partial charge in [-0.2, -0.15) is 8.42 Å². The van der Waals surface area contributed by atoms with E-state index in [9.17, 15) is 13.2 Å². The van der Waals surface area contributed by atoms with Gasteiger partial charge in [0.25, 0.3) is 10.1 Å². The summed E-state index contributed by atoms with van der Waals surface area (Å²) >= 11 is 0. The summed E-state index contributed by atoms with van der Waals surface area (Å²) in [5.41, 5.74) is 3.64. The first-order valence-electron chi connectivity index (χ1n) is 13.1. The molecule has 3 rings (SSSR count). The van der Waals surface area contributed by atoms with Crippen molar-refractivity contribution in [1.29, 1.82) is 0 Å². The van der Waals surface area contributed by atoms with Gasteiger partial charge >= 0.3 is 5.97 Å². The largest absolute Gasteiger partial charge is 0.493 e. The van der Waals surface area contributed by atoms with E-state index in [-0.39, 0.29) is 13.2 Å². The third kappa shape index (κ3) is 8.51. The first-order valence-corrected chi connectivity index (χ1v) is 14.9. The number of benzene rings is 2. The number of rotatable bonds is 15. The zero-order valence-corrected chi connectivity index (χ0v) is 24.5. The molecule has 2 unspecified atom stereocenters. The smallest absolute Gasteiger partial charge is 0.338 e. The van der Waals surface area contributed by atoms with E-state index in [4.69, 9.17) is 22.8 Å². The summed E-state index contributed by atoms with van der Waals surface area (Å²) < 4.78 is 52.6. The van der Waals surface area contributed by atoms with Crippen molar-refractivity contribution < 1.29 is 36.0 Å². The maximum atomic E-state index is 12.8. The SMILES string of the molecule is C=CCCOC(C(=O)OCC)C(OS(C)(=O)=O)c1cc(C)c(OCCc2nc(-c3ccccc3)oc2C)c(C)c1. The van der Waals surface area contributed by atoms with Crippen molar-refractivity contribution in [3.63, 3.8) is 0 Å². The predicted octanol–water partition coefficient (Wildman–Crippen LogP) is 5.43. The second-order valence-electron chi connectivity index (χ2n) is 9.31. The fourth-order valence-corrected chi connectivity index (χ4v) is 4.83. The van der Waals surface area contributed by atoms with Crippen molar-refractivity contribution in [2.24, 2.45) is 0 Å². The summed E-state index contributed by atoms with van der Waals surface area (Å²) in [6.07, 6.45) is 1.01. The minimum Gasteiger partial charge on any atom is -0.493 e. The number of oxazole rings is 1. The lowest BCUT2D eigenvalue weighted by Gasteiger charge is -2.26. The lowest BCUT2D eigenvalue weighted by molar-refractivity contribution is -0.163. The van der Waals surface area contributed by atoms with Crippen molar-refractivity contribution >= 4 is 16.1 Å². The van der Waals surface area contributed by atoms with E-state index >= 15 is 0 Å². The summed E-state index contributed by atoms with van der Waals surface area (Å²) in [5, 5.41) is 0. The predicted molar refractivity (Wildman–Crippen MR) is 152 cm³/mol. The fraction of sp³-hybridized carbons (Fsp3) is 0.400. The van der Waals surface area contributed by atoms with E-state index in [0.717, 1.165) is 34.4 Å². The number of aryl methyl sites for hydroxylation is 3. The van der Waals surface area contributed by atoms with Crippen LogP contribution in [-0.2, 0) is 35.0 Å². The van der Waals surface area contributed by atoms with Crippen LogP contribution in [0.25, 0.3) is 11.5 Å². The van der Waals surface area contributed by atoms with Crippen molar-refractivity contribution in [3.05, 3.63) is 83.3 Å². The Morgan fingerprint density at radius 3 is 2.38 bits per heavy atom. The monoisotopic (exact) mass is 571 g/mol. The van der Waals surface area contributed by atoms with Gasteiger partial charge in [-0.15, -0.1) is 6.58 Å². The molecule has 2 aromatic carbocycles. The van der Waals surface area contributed by atoms with Crippen molar-refractivity contribution in [2.45, 2.75) is 52.7 Å². The molecule has 1 aromatic heterocycles. The van der Waals surface area contributed by atoms with Crippen molar-refractivity contribution in [1.82, 2.24) is 4.98 Å². The zero-order chi connectivity index (χ0) is 29.3. The Morgan fingerprint density at radius 1 is 1.10 bits per heavy atom. The maximum absolute atomic E-state index is 12.8. The number of carbonyl (C=O) groups excluding carboxylic acids is 1. The number of carbonyl (C=O) groups is 1. The number of nitrogens with zero attached hydrogens (tertiary/aromatic N) is 1. The second kappa shape index (κ2) is 14.2. The Labute approximate surface area is 236 Å². The molecule has 3 aromatic rings. The molecule has 0 saturated heterocycles. The van der Waals surface area contributed by atoms with Gasteiger partial charge in [0.15, 0.2) is 6.10 Å². The van der Waals surface area contributed by atoms with Crippen LogP contribution in [0, 0.1) is 20.8 Å². The van der Waals surface area contributed by atoms with Crippen LogP contribution in [0.2, 0.25) is 0 Å². The Balaban J connectivity index is 1.82. The second-order valence-corrected chi connectivity index (χ2v) is 10.9. The standard InChI is InChI=1S/C30H37NO8S/c1-7-9-16-36-28(30(32)35-8-2)27(39-40(6,33)34)24-18-20(3)26(21(4)19-24)37-17-15-25-22(5)38-29(31-25)23-13-11-10-12-14-23/h7,10-14,18-19,27-28H,1,8-9,15-17H2,2-6H3. The molecule has 10 heteroatoms. The Hall–Kier alpha value is -3.47. The van der Waals surface area contributed by atoms with Gasteiger partial charge in [0.2, 0.25) is 5.89 Å². The molecule has 0 aliphatic rings. The average Bonchev–Trinajstić information content (AvgIpc) is 3.27. The van der Waals surface area contributed by atoms with Crippen LogP contribution in [0.15, 0.2) is 59.5 Å². The van der Waals surface area contributed by atoms with E-state index < -0.39 is 28.3 Å². The summed E-state index contributed by atoms with van der Waals surface area (Å²) in [6, 6.07) is 13.1. The summed E-state index contributed by atoms with van der Waals surface area (Å²) in [5.74, 6) is 1.22. The summed E-state index contributed by atoms with van der Waals surface area (Å²) in [7, 11) is -3.95. The Bertz CT molecular complexity index is 1380. The van der Waals surface area contributed by atoms with Crippen LogP contribution < -0.4 is 4.74 Å². The molecule has 0 spiro atoms. The van der Waals surface area contributed by atoms with Crippen LogP contribution >= 0.6 is 0 Å². The number of aromatic nitrogens is 1. The fourth-order valence-electron chi connectivity index (χ4n) is 4.24. The van der Waals surface area contributed by atoms with E-state index in [0.29, 0.717) is 36.7 Å². The van der Waals surface area contributed by atoms with Gasteiger partial charge in [0, 0.05) is 12.0 Å². The molecule has 0 radical (unpaired) electrons. The third-order valence-electron chi connectivity index (χ3n) is 6.00. The summed E-state index contributed by atoms with van der Waals surface area (Å²) in [4.78, 5) is 17.4. The first kappa shape index (κ1) is 31.1. The zero-order valence-electron chi connectivity index (χ0n) is 23.6. The molecule has 2 atom stereocenters. The van der Waals surface area contributed by atoms with Gasteiger partial charge in [-0.1, -0.05) is 24.3 Å². The van der Waals surface area contributed by atoms with Crippen molar-refractivity contribution in [3.8, 4) is 17.2 Å². The highest BCUT2D eigenvalue weighted by Gasteiger charge is 2.36. The molecule has 0 fully saturated rings. The van der Waals surface area contributed by atoms with Gasteiger partial charge in [-0.25, -0.2) is 9.78 Å². The molecule has 0 aliphatic carbocycles. The van der Waals surface area contributed by atoms with Crippen LogP contribution in [0.5, 0.6) is 5.75 Å². The molecule has 40 heavy (non-hydrogen) atoms. The van der Waals surface area contributed by atoms with E-state index in [2.05, 4.69) is 11.6 Å². The average molecular weight is 572 g/mol. The van der Waals surface area contributed by atoms with Gasteiger partial charge in [0.1, 0.15) is 17.6 Å². The molecule has 216 valence electrons. The molecule has 0 bridgehead atoms. The molecular formula is C30H37NO8S. The number of hydrogen-bond donors (Lipinski definition) is 0. The topological polar surface area (TPSA) is 114 Å². The molecule has 0 saturated carbocycles. The van der Waals surface area contributed by atoms with Crippen molar-refractivity contribution in [2.75, 3.05) is 26.1 Å². The number of ether oxygens (including phenoxy) is 3. The van der Waals surface area contributed by atoms with Gasteiger partial charge in [-0.3, -0.25) is 4.18 Å². The molecule has 9 nitrogen and oxygen atoms in total. The Kier molecular flexibility index (Phi) is 11.1. The molecule has 0 amide bonds. The Morgan fingerprint density at radius 2 is 1.77 bits per heavy atom. The highest BCUT2D eigenvalue weighted by Crippen LogP contribution is 2.33. The summed E-state index contributed by atoms with van der Waals surface area (Å²) in [6.45, 7) is 11.5. The van der Waals surface area contributed by atoms with Gasteiger partial charge in [0.05, 0.1) is 31.8 Å². The van der Waals surface area contributed by atoms with E-state index in [1.54, 1.807) is 25.1 Å². The van der Waals surface area contributed by atoms with Crippen LogP contribution in [0.3, 0.4) is 0 Å². The third-order valence-corrected chi connectivity index (χ3v) is 6.56. The van der Waals surface area contributed by atoms with E-state index in [1.807, 2.05) is 51.1 Å².